The molecule has 1 saturated carbocycles. The Morgan fingerprint density at radius 3 is 2.60 bits per heavy atom. The molecule has 0 bridgehead atoms. The van der Waals surface area contributed by atoms with E-state index in [1.165, 1.54) is 19.2 Å². The zero-order valence-electron chi connectivity index (χ0n) is 23.1. The predicted molar refractivity (Wildman–Crippen MR) is 157 cm³/mol. The van der Waals surface area contributed by atoms with Crippen LogP contribution in [0.3, 0.4) is 0 Å². The van der Waals surface area contributed by atoms with Gasteiger partial charge in [0.05, 0.1) is 47.3 Å². The van der Waals surface area contributed by atoms with Gasteiger partial charge in [-0.1, -0.05) is 0 Å². The van der Waals surface area contributed by atoms with Crippen LogP contribution in [0.5, 0.6) is 0 Å². The molecule has 40 heavy (non-hydrogen) atoms. The molecular weight excluding hydrogens is 530 g/mol. The van der Waals surface area contributed by atoms with Gasteiger partial charge in [-0.3, -0.25) is 4.72 Å². The Kier molecular flexibility index (Phi) is 7.18. The van der Waals surface area contributed by atoms with Crippen molar-refractivity contribution in [2.24, 2.45) is 5.41 Å². The van der Waals surface area contributed by atoms with Crippen molar-refractivity contribution in [2.75, 3.05) is 65.0 Å². The normalized spacial score (nSPS) is 20.6. The van der Waals surface area contributed by atoms with Gasteiger partial charge in [0.25, 0.3) is 0 Å². The maximum atomic E-state index is 12.5. The Balaban J connectivity index is 1.38. The minimum atomic E-state index is -3.69. The van der Waals surface area contributed by atoms with Crippen LogP contribution in [0.1, 0.15) is 38.2 Å². The summed E-state index contributed by atoms with van der Waals surface area (Å²) < 4.78 is 33.3. The highest BCUT2D eigenvalue weighted by Gasteiger charge is 2.44. The van der Waals surface area contributed by atoms with Crippen molar-refractivity contribution in [3.63, 3.8) is 0 Å². The predicted octanol–water partition coefficient (Wildman–Crippen LogP) is 3.42. The van der Waals surface area contributed by atoms with E-state index in [4.69, 9.17) is 9.72 Å². The van der Waals surface area contributed by atoms with Crippen molar-refractivity contribution in [1.29, 1.82) is 0 Å². The van der Waals surface area contributed by atoms with E-state index in [2.05, 4.69) is 49.7 Å². The molecule has 3 aliphatic rings. The van der Waals surface area contributed by atoms with E-state index in [-0.39, 0.29) is 11.9 Å². The van der Waals surface area contributed by atoms with Crippen LogP contribution in [0.25, 0.3) is 10.9 Å². The van der Waals surface area contributed by atoms with E-state index in [0.29, 0.717) is 34.9 Å². The first-order chi connectivity index (χ1) is 19.2. The lowest BCUT2D eigenvalue weighted by Gasteiger charge is -2.35. The quantitative estimate of drug-likeness (QED) is 0.372. The van der Waals surface area contributed by atoms with Crippen LogP contribution in [0.4, 0.5) is 28.8 Å². The van der Waals surface area contributed by atoms with Gasteiger partial charge in [-0.2, -0.15) is 0 Å². The first-order valence-corrected chi connectivity index (χ1v) is 15.7. The molecule has 11 nitrogen and oxygen atoms in total. The lowest BCUT2D eigenvalue weighted by molar-refractivity contribution is 0.0529. The third kappa shape index (κ3) is 5.79. The lowest BCUT2D eigenvalue weighted by atomic mass is 9.93. The zero-order valence-corrected chi connectivity index (χ0v) is 23.9. The van der Waals surface area contributed by atoms with Crippen molar-refractivity contribution in [2.45, 2.75) is 45.6 Å². The second kappa shape index (κ2) is 10.6. The number of pyridine rings is 1. The smallest absolute Gasteiger partial charge is 0.234 e. The number of aromatic nitrogens is 3. The molecule has 2 aromatic heterocycles. The second-order valence-electron chi connectivity index (χ2n) is 11.4. The van der Waals surface area contributed by atoms with Gasteiger partial charge in [0.15, 0.2) is 0 Å². The second-order valence-corrected chi connectivity index (χ2v) is 13.2. The van der Waals surface area contributed by atoms with Gasteiger partial charge in [0.1, 0.15) is 23.8 Å². The number of nitrogens with one attached hydrogen (secondary N) is 2. The molecule has 214 valence electrons. The summed E-state index contributed by atoms with van der Waals surface area (Å²) in [5.41, 5.74) is 3.50. The molecule has 12 heteroatoms. The largest absolute Gasteiger partial charge is 0.395 e. The molecule has 6 rings (SSSR count). The maximum Gasteiger partial charge on any atom is 0.234 e. The number of fused-ring (bicyclic) bond motifs is 1. The van der Waals surface area contributed by atoms with Crippen LogP contribution in [-0.4, -0.2) is 79.7 Å². The number of anilines is 5. The van der Waals surface area contributed by atoms with Gasteiger partial charge in [0.2, 0.25) is 10.0 Å². The average Bonchev–Trinajstić information content (AvgIpc) is 3.66. The molecule has 0 radical (unpaired) electrons. The number of hydrogen-bond acceptors (Lipinski definition) is 10. The number of ether oxygens (including phenoxy) is 1. The number of hydrogen-bond donors (Lipinski definition) is 3. The fourth-order valence-electron chi connectivity index (χ4n) is 5.84. The van der Waals surface area contributed by atoms with E-state index in [1.54, 1.807) is 6.07 Å². The van der Waals surface area contributed by atoms with Crippen molar-refractivity contribution in [3.8, 4) is 0 Å². The summed E-state index contributed by atoms with van der Waals surface area (Å²) in [6.45, 7) is 7.68. The number of nitrogens with zero attached hydrogens (tertiary/aromatic N) is 5. The van der Waals surface area contributed by atoms with Crippen LogP contribution in [0.2, 0.25) is 0 Å². The van der Waals surface area contributed by atoms with E-state index in [9.17, 15) is 13.5 Å². The molecule has 3 N–H and O–H groups in total. The standard InChI is InChI=1S/C28H37N7O4S/c1-19-13-24(31-25(14-19)35-9-11-39-20(2)17-35)32-27-26-22(29-18-30-27)15-21(33-40(37,38)12-10-36)16-23(26)34-7-5-28(3-4-28)6-8-34/h13-16,18,20,33,36H,3-12,17H2,1-2H3,(H,29,30,31,32)/t20-/m1/s1. The van der Waals surface area contributed by atoms with Crippen molar-refractivity contribution in [1.82, 2.24) is 15.0 Å². The molecule has 1 aliphatic carbocycles. The van der Waals surface area contributed by atoms with E-state index in [0.717, 1.165) is 61.5 Å². The van der Waals surface area contributed by atoms with E-state index < -0.39 is 16.6 Å². The highest BCUT2D eigenvalue weighted by molar-refractivity contribution is 7.92. The Morgan fingerprint density at radius 2 is 1.88 bits per heavy atom. The third-order valence-corrected chi connectivity index (χ3v) is 9.51. The monoisotopic (exact) mass is 567 g/mol. The Morgan fingerprint density at radius 1 is 1.07 bits per heavy atom. The van der Waals surface area contributed by atoms with Gasteiger partial charge >= 0.3 is 0 Å². The summed E-state index contributed by atoms with van der Waals surface area (Å²) in [4.78, 5) is 18.6. The van der Waals surface area contributed by atoms with Crippen molar-refractivity contribution in [3.05, 3.63) is 36.2 Å². The molecule has 1 aromatic carbocycles. The first kappa shape index (κ1) is 27.0. The van der Waals surface area contributed by atoms with Gasteiger partial charge in [-0.25, -0.2) is 23.4 Å². The number of aliphatic hydroxyl groups excluding tert-OH is 1. The highest BCUT2D eigenvalue weighted by atomic mass is 32.2. The molecule has 0 amide bonds. The molecule has 3 aromatic rings. The zero-order chi connectivity index (χ0) is 27.9. The summed E-state index contributed by atoms with van der Waals surface area (Å²) >= 11 is 0. The number of aryl methyl sites for hydroxylation is 1. The topological polar surface area (TPSA) is 133 Å². The number of rotatable bonds is 8. The van der Waals surface area contributed by atoms with Crippen molar-refractivity contribution < 1.29 is 18.3 Å². The molecule has 2 aliphatic heterocycles. The number of aliphatic hydroxyl groups is 1. The highest BCUT2D eigenvalue weighted by Crippen LogP contribution is 2.54. The summed E-state index contributed by atoms with van der Waals surface area (Å²) in [5.74, 6) is 1.83. The third-order valence-electron chi connectivity index (χ3n) is 8.24. The maximum absolute atomic E-state index is 12.5. The summed E-state index contributed by atoms with van der Waals surface area (Å²) in [6, 6.07) is 7.66. The SMILES string of the molecule is Cc1cc(Nc2ncnc3cc(NS(=O)(=O)CCO)cc(N4CCC5(CC4)CC5)c23)nc(N2CCO[C@H](C)C2)c1. The van der Waals surface area contributed by atoms with Crippen LogP contribution in [0, 0.1) is 12.3 Å². The minimum Gasteiger partial charge on any atom is -0.395 e. The number of sulfonamides is 1. The molecule has 4 heterocycles. The lowest BCUT2D eigenvalue weighted by Crippen LogP contribution is -2.41. The fourth-order valence-corrected chi connectivity index (χ4v) is 6.66. The fraction of sp³-hybridized carbons (Fsp3) is 0.536. The van der Waals surface area contributed by atoms with Gasteiger partial charge in [0, 0.05) is 26.2 Å². The Hall–Kier alpha value is -3.22. The van der Waals surface area contributed by atoms with E-state index in [1.807, 2.05) is 12.1 Å². The van der Waals surface area contributed by atoms with Crippen LogP contribution < -0.4 is 19.8 Å². The average molecular weight is 568 g/mol. The van der Waals surface area contributed by atoms with Crippen LogP contribution >= 0.6 is 0 Å². The summed E-state index contributed by atoms with van der Waals surface area (Å²) in [6.07, 6.45) is 6.45. The van der Waals surface area contributed by atoms with Crippen molar-refractivity contribution >= 4 is 49.8 Å². The van der Waals surface area contributed by atoms with Crippen LogP contribution in [-0.2, 0) is 14.8 Å². The minimum absolute atomic E-state index is 0.143. The molecule has 1 atom stereocenters. The molecule has 1 spiro atoms. The number of piperidine rings is 1. The van der Waals surface area contributed by atoms with Crippen LogP contribution in [0.15, 0.2) is 30.6 Å². The van der Waals surface area contributed by atoms with Gasteiger partial charge in [-0.15, -0.1) is 0 Å². The van der Waals surface area contributed by atoms with E-state index >= 15 is 0 Å². The molecular formula is C28H37N7O4S. The Labute approximate surface area is 235 Å². The first-order valence-electron chi connectivity index (χ1n) is 14.0. The molecule has 0 unspecified atom stereocenters. The summed E-state index contributed by atoms with van der Waals surface area (Å²) in [7, 11) is -3.69. The van der Waals surface area contributed by atoms with Gasteiger partial charge in [-0.05, 0) is 74.8 Å². The number of benzene rings is 1. The Bertz CT molecular complexity index is 1500. The van der Waals surface area contributed by atoms with Gasteiger partial charge < -0.3 is 25.0 Å². The number of morpholine rings is 1. The summed E-state index contributed by atoms with van der Waals surface area (Å²) in [5, 5.41) is 13.5. The molecule has 3 fully saturated rings. The molecule has 2 saturated heterocycles.